The van der Waals surface area contributed by atoms with Crippen LogP contribution in [-0.2, 0) is 11.0 Å². The van der Waals surface area contributed by atoms with Gasteiger partial charge in [-0.05, 0) is 26.0 Å². The van der Waals surface area contributed by atoms with Gasteiger partial charge in [0.15, 0.2) is 5.75 Å². The number of amides is 1. The highest BCUT2D eigenvalue weighted by molar-refractivity contribution is 6.37. The predicted octanol–water partition coefficient (Wildman–Crippen LogP) is 4.82. The molecule has 0 spiro atoms. The summed E-state index contributed by atoms with van der Waals surface area (Å²) < 4.78 is 44.5. The van der Waals surface area contributed by atoms with Crippen molar-refractivity contribution < 1.29 is 27.5 Å². The Morgan fingerprint density at radius 1 is 1.28 bits per heavy atom. The summed E-state index contributed by atoms with van der Waals surface area (Å²) in [5.41, 5.74) is 1.53. The Morgan fingerprint density at radius 2 is 1.88 bits per heavy atom. The van der Waals surface area contributed by atoms with Crippen molar-refractivity contribution in [2.24, 2.45) is 0 Å². The molecule has 0 unspecified atom stereocenters. The fraction of sp³-hybridized carbons (Fsp3) is 0.286. The standard InChI is InChI=1S/C14H12Cl2F3N3O3/c1-3-24-21-13(23)22-7(2)4-11(20-22)25-12-9(15)5-8(6-10(12)16)14(17,18)19/h4-6H,3H2,1-2H3,(H,21,23). The largest absolute Gasteiger partial charge is 0.434 e. The summed E-state index contributed by atoms with van der Waals surface area (Å²) in [7, 11) is 0. The van der Waals surface area contributed by atoms with Crippen molar-refractivity contribution in [1.29, 1.82) is 0 Å². The smallest absolute Gasteiger partial charge is 0.416 e. The summed E-state index contributed by atoms with van der Waals surface area (Å²) >= 11 is 11.6. The lowest BCUT2D eigenvalue weighted by atomic mass is 10.2. The van der Waals surface area contributed by atoms with Gasteiger partial charge in [-0.15, -0.1) is 5.10 Å². The van der Waals surface area contributed by atoms with Crippen molar-refractivity contribution in [2.75, 3.05) is 6.61 Å². The highest BCUT2D eigenvalue weighted by Crippen LogP contribution is 2.41. The van der Waals surface area contributed by atoms with Crippen LogP contribution in [0.5, 0.6) is 11.6 Å². The quantitative estimate of drug-likeness (QED) is 0.751. The van der Waals surface area contributed by atoms with Gasteiger partial charge in [0.2, 0.25) is 5.88 Å². The SMILES string of the molecule is CCONC(=O)n1nc(Oc2c(Cl)cc(C(F)(F)F)cc2Cl)cc1C. The van der Waals surface area contributed by atoms with Crippen LogP contribution in [0.15, 0.2) is 18.2 Å². The van der Waals surface area contributed by atoms with E-state index >= 15 is 0 Å². The number of carbonyl (C=O) groups excluding carboxylic acids is 1. The number of benzene rings is 1. The second-order valence-corrected chi connectivity index (χ2v) is 5.56. The van der Waals surface area contributed by atoms with E-state index in [4.69, 9.17) is 32.8 Å². The highest BCUT2D eigenvalue weighted by Gasteiger charge is 2.32. The summed E-state index contributed by atoms with van der Waals surface area (Å²) in [6.45, 7) is 3.51. The second-order valence-electron chi connectivity index (χ2n) is 4.74. The Hall–Kier alpha value is -1.97. The molecule has 0 aliphatic rings. The van der Waals surface area contributed by atoms with E-state index in [9.17, 15) is 18.0 Å². The van der Waals surface area contributed by atoms with Gasteiger partial charge in [0, 0.05) is 6.07 Å². The van der Waals surface area contributed by atoms with Crippen LogP contribution in [0, 0.1) is 6.92 Å². The maximum atomic E-state index is 12.7. The molecule has 6 nitrogen and oxygen atoms in total. The summed E-state index contributed by atoms with van der Waals surface area (Å²) in [4.78, 5) is 16.6. The number of hydrogen-bond donors (Lipinski definition) is 1. The fourth-order valence-corrected chi connectivity index (χ4v) is 2.37. The number of hydrogen-bond acceptors (Lipinski definition) is 4. The van der Waals surface area contributed by atoms with Crippen molar-refractivity contribution in [2.45, 2.75) is 20.0 Å². The Morgan fingerprint density at radius 3 is 2.40 bits per heavy atom. The Labute approximate surface area is 150 Å². The van der Waals surface area contributed by atoms with E-state index in [0.29, 0.717) is 17.8 Å². The van der Waals surface area contributed by atoms with E-state index < -0.39 is 17.8 Å². The molecule has 0 atom stereocenters. The van der Waals surface area contributed by atoms with Gasteiger partial charge < -0.3 is 4.74 Å². The molecule has 11 heteroatoms. The number of alkyl halides is 3. The molecule has 1 amide bonds. The molecule has 1 aromatic carbocycles. The number of ether oxygens (including phenoxy) is 1. The molecule has 2 rings (SSSR count). The molecule has 0 fully saturated rings. The van der Waals surface area contributed by atoms with Crippen LogP contribution in [0.4, 0.5) is 18.0 Å². The average Bonchev–Trinajstić information content (AvgIpc) is 2.88. The van der Waals surface area contributed by atoms with Crippen LogP contribution in [0.25, 0.3) is 0 Å². The highest BCUT2D eigenvalue weighted by atomic mass is 35.5. The molecule has 136 valence electrons. The molecule has 0 saturated carbocycles. The molecule has 0 saturated heterocycles. The predicted molar refractivity (Wildman–Crippen MR) is 84.1 cm³/mol. The van der Waals surface area contributed by atoms with Gasteiger partial charge in [-0.2, -0.15) is 17.9 Å². The summed E-state index contributed by atoms with van der Waals surface area (Å²) in [5.74, 6) is -0.279. The third kappa shape index (κ3) is 4.56. The molecule has 1 aromatic heterocycles. The summed E-state index contributed by atoms with van der Waals surface area (Å²) in [6, 6.07) is 2.09. The zero-order valence-electron chi connectivity index (χ0n) is 12.9. The zero-order chi connectivity index (χ0) is 18.8. The molecule has 0 aliphatic carbocycles. The molecule has 2 aromatic rings. The van der Waals surface area contributed by atoms with Crippen molar-refractivity contribution in [3.63, 3.8) is 0 Å². The average molecular weight is 398 g/mol. The Kier molecular flexibility index (Phi) is 5.81. The molecule has 0 radical (unpaired) electrons. The maximum Gasteiger partial charge on any atom is 0.416 e. The first kappa shape index (κ1) is 19.4. The molecular weight excluding hydrogens is 386 g/mol. The minimum Gasteiger partial charge on any atom is -0.434 e. The van der Waals surface area contributed by atoms with Crippen molar-refractivity contribution in [3.05, 3.63) is 39.5 Å². The van der Waals surface area contributed by atoms with Gasteiger partial charge in [0.05, 0.1) is 27.9 Å². The van der Waals surface area contributed by atoms with Crippen LogP contribution < -0.4 is 10.2 Å². The van der Waals surface area contributed by atoms with Crippen LogP contribution in [0.3, 0.4) is 0 Å². The van der Waals surface area contributed by atoms with Gasteiger partial charge in [-0.1, -0.05) is 23.2 Å². The monoisotopic (exact) mass is 397 g/mol. The van der Waals surface area contributed by atoms with E-state index in [0.717, 1.165) is 4.68 Å². The van der Waals surface area contributed by atoms with E-state index in [1.165, 1.54) is 6.07 Å². The van der Waals surface area contributed by atoms with Gasteiger partial charge in [-0.25, -0.2) is 10.3 Å². The zero-order valence-corrected chi connectivity index (χ0v) is 14.5. The summed E-state index contributed by atoms with van der Waals surface area (Å²) in [6.07, 6.45) is -4.60. The number of rotatable bonds is 4. The number of aromatic nitrogens is 2. The minimum atomic E-state index is -4.60. The van der Waals surface area contributed by atoms with E-state index in [1.54, 1.807) is 13.8 Å². The normalized spacial score (nSPS) is 11.5. The third-order valence-electron chi connectivity index (χ3n) is 2.89. The fourth-order valence-electron chi connectivity index (χ4n) is 1.80. The Balaban J connectivity index is 2.27. The van der Waals surface area contributed by atoms with E-state index in [1.807, 2.05) is 0 Å². The van der Waals surface area contributed by atoms with Gasteiger partial charge in [-0.3, -0.25) is 4.84 Å². The number of halogens is 5. The van der Waals surface area contributed by atoms with Crippen molar-refractivity contribution >= 4 is 29.2 Å². The molecule has 0 aliphatic heterocycles. The number of nitrogens with one attached hydrogen (secondary N) is 1. The lowest BCUT2D eigenvalue weighted by Gasteiger charge is -2.11. The Bertz CT molecular complexity index is 770. The molecule has 1 heterocycles. The molecule has 1 N–H and O–H groups in total. The first-order valence-electron chi connectivity index (χ1n) is 6.86. The third-order valence-corrected chi connectivity index (χ3v) is 3.45. The van der Waals surface area contributed by atoms with Gasteiger partial charge in [0.25, 0.3) is 0 Å². The molecule has 0 bridgehead atoms. The number of nitrogens with zero attached hydrogens (tertiary/aromatic N) is 2. The number of hydroxylamine groups is 1. The molecular formula is C14H12Cl2F3N3O3. The van der Waals surface area contributed by atoms with Gasteiger partial charge >= 0.3 is 12.2 Å². The van der Waals surface area contributed by atoms with Crippen LogP contribution >= 0.6 is 23.2 Å². The first-order chi connectivity index (χ1) is 11.6. The van der Waals surface area contributed by atoms with Crippen LogP contribution in [-0.4, -0.2) is 22.4 Å². The lowest BCUT2D eigenvalue weighted by molar-refractivity contribution is -0.137. The minimum absolute atomic E-state index is 0.0762. The van der Waals surface area contributed by atoms with E-state index in [2.05, 4.69) is 10.6 Å². The number of aryl methyl sites for hydroxylation is 1. The topological polar surface area (TPSA) is 65.4 Å². The van der Waals surface area contributed by atoms with Crippen LogP contribution in [0.1, 0.15) is 18.2 Å². The second kappa shape index (κ2) is 7.51. The number of carbonyl (C=O) groups is 1. The van der Waals surface area contributed by atoms with Gasteiger partial charge in [0.1, 0.15) is 0 Å². The molecule has 25 heavy (non-hydrogen) atoms. The van der Waals surface area contributed by atoms with E-state index in [-0.39, 0.29) is 28.3 Å². The van der Waals surface area contributed by atoms with Crippen molar-refractivity contribution in [1.82, 2.24) is 15.3 Å². The summed E-state index contributed by atoms with van der Waals surface area (Å²) in [5, 5.41) is 3.19. The lowest BCUT2D eigenvalue weighted by Crippen LogP contribution is -2.30. The maximum absolute atomic E-state index is 12.7. The first-order valence-corrected chi connectivity index (χ1v) is 7.62. The van der Waals surface area contributed by atoms with Crippen molar-refractivity contribution in [3.8, 4) is 11.6 Å². The van der Waals surface area contributed by atoms with Crippen LogP contribution in [0.2, 0.25) is 10.0 Å².